The van der Waals surface area contributed by atoms with Crippen molar-refractivity contribution in [3.63, 3.8) is 0 Å². The molecule has 0 atom stereocenters. The average molecular weight is 459 g/mol. The first-order chi connectivity index (χ1) is 15.8. The van der Waals surface area contributed by atoms with Crippen LogP contribution in [0, 0.1) is 10.1 Å². The number of anilines is 1. The summed E-state index contributed by atoms with van der Waals surface area (Å²) >= 11 is 0. The quantitative estimate of drug-likeness (QED) is 0.274. The van der Waals surface area contributed by atoms with Crippen LogP contribution in [0.15, 0.2) is 45.6 Å². The molecule has 174 valence electrons. The number of rotatable bonds is 10. The number of non-ortho nitro benzene ring substituents is 1. The number of fused-ring (bicyclic) bond motifs is 1. The van der Waals surface area contributed by atoms with Crippen LogP contribution in [0.5, 0.6) is 11.5 Å². The van der Waals surface area contributed by atoms with Crippen molar-refractivity contribution in [2.24, 2.45) is 0 Å². The number of hydrogen-bond donors (Lipinski definition) is 1. The number of nitrogens with zero attached hydrogens (tertiary/aromatic N) is 2. The standard InChI is InChI=1S/C21H21N3O9/c1-3-30-16-8-5-13(9-18(16)31-4-2)22-19(25)12-32-20(26)11-23-15-7-6-14(24(28)29)10-17(15)33-21(23)27/h5-10H,3-4,11-12H2,1-2H3,(H,22,25). The average Bonchev–Trinajstić information content (AvgIpc) is 3.08. The van der Waals surface area contributed by atoms with Gasteiger partial charge in [0.2, 0.25) is 0 Å². The van der Waals surface area contributed by atoms with Crippen molar-refractivity contribution in [2.75, 3.05) is 25.1 Å². The summed E-state index contributed by atoms with van der Waals surface area (Å²) in [5.41, 5.74) is 0.302. The minimum absolute atomic E-state index is 0.0413. The molecule has 0 aliphatic carbocycles. The third kappa shape index (κ3) is 5.67. The lowest BCUT2D eigenvalue weighted by Gasteiger charge is -2.13. The molecule has 0 unspecified atom stereocenters. The van der Waals surface area contributed by atoms with Crippen molar-refractivity contribution in [1.29, 1.82) is 0 Å². The minimum Gasteiger partial charge on any atom is -0.490 e. The van der Waals surface area contributed by atoms with Gasteiger partial charge in [-0.05, 0) is 32.0 Å². The Labute approximate surface area is 186 Å². The van der Waals surface area contributed by atoms with Gasteiger partial charge in [-0.15, -0.1) is 0 Å². The second-order valence-electron chi connectivity index (χ2n) is 6.60. The molecule has 2 aromatic carbocycles. The third-order valence-electron chi connectivity index (χ3n) is 4.34. The maximum absolute atomic E-state index is 12.2. The number of oxazole rings is 1. The molecule has 3 aromatic rings. The van der Waals surface area contributed by atoms with Crippen LogP contribution >= 0.6 is 0 Å². The smallest absolute Gasteiger partial charge is 0.420 e. The number of carbonyl (C=O) groups excluding carboxylic acids is 2. The van der Waals surface area contributed by atoms with Crippen molar-refractivity contribution in [3.05, 3.63) is 57.1 Å². The van der Waals surface area contributed by atoms with Crippen molar-refractivity contribution in [2.45, 2.75) is 20.4 Å². The lowest BCUT2D eigenvalue weighted by Crippen LogP contribution is -2.25. The Hall–Kier alpha value is -4.35. The Morgan fingerprint density at radius 2 is 1.82 bits per heavy atom. The number of carbonyl (C=O) groups is 2. The maximum atomic E-state index is 12.2. The van der Waals surface area contributed by atoms with Gasteiger partial charge in [-0.3, -0.25) is 24.3 Å². The van der Waals surface area contributed by atoms with Crippen molar-refractivity contribution in [1.82, 2.24) is 4.57 Å². The molecular formula is C21H21N3O9. The van der Waals surface area contributed by atoms with Crippen LogP contribution in [0.4, 0.5) is 11.4 Å². The molecule has 0 fully saturated rings. The van der Waals surface area contributed by atoms with E-state index in [9.17, 15) is 24.5 Å². The van der Waals surface area contributed by atoms with Crippen LogP contribution in [0.3, 0.4) is 0 Å². The Morgan fingerprint density at radius 1 is 1.09 bits per heavy atom. The van der Waals surface area contributed by atoms with Crippen molar-refractivity contribution >= 4 is 34.4 Å². The predicted molar refractivity (Wildman–Crippen MR) is 115 cm³/mol. The van der Waals surface area contributed by atoms with E-state index in [0.717, 1.165) is 10.6 Å². The lowest BCUT2D eigenvalue weighted by atomic mass is 10.2. The van der Waals surface area contributed by atoms with Gasteiger partial charge in [0, 0.05) is 17.8 Å². The van der Waals surface area contributed by atoms with Crippen LogP contribution < -0.4 is 20.5 Å². The maximum Gasteiger partial charge on any atom is 0.420 e. The summed E-state index contributed by atoms with van der Waals surface area (Å²) in [4.78, 5) is 46.5. The zero-order valence-electron chi connectivity index (χ0n) is 17.9. The Kier molecular flexibility index (Phi) is 7.28. The minimum atomic E-state index is -0.884. The topological polar surface area (TPSA) is 152 Å². The van der Waals surface area contributed by atoms with E-state index >= 15 is 0 Å². The van der Waals surface area contributed by atoms with E-state index in [2.05, 4.69) is 5.32 Å². The van der Waals surface area contributed by atoms with E-state index in [1.54, 1.807) is 18.2 Å². The summed E-state index contributed by atoms with van der Waals surface area (Å²) < 4.78 is 21.8. The van der Waals surface area contributed by atoms with Crippen LogP contribution in [0.1, 0.15) is 13.8 Å². The molecule has 1 N–H and O–H groups in total. The lowest BCUT2D eigenvalue weighted by molar-refractivity contribution is -0.384. The number of esters is 1. The number of nitro benzene ring substituents is 1. The van der Waals surface area contributed by atoms with Crippen LogP contribution in [-0.2, 0) is 20.9 Å². The number of nitrogens with one attached hydrogen (secondary N) is 1. The Balaban J connectivity index is 1.60. The van der Waals surface area contributed by atoms with Crippen molar-refractivity contribution in [3.8, 4) is 11.5 Å². The number of ether oxygens (including phenoxy) is 3. The zero-order valence-corrected chi connectivity index (χ0v) is 17.9. The Morgan fingerprint density at radius 3 is 2.52 bits per heavy atom. The van der Waals surface area contributed by atoms with Gasteiger partial charge in [0.15, 0.2) is 23.7 Å². The van der Waals surface area contributed by atoms with Gasteiger partial charge in [0.25, 0.3) is 11.6 Å². The molecule has 0 aliphatic heterocycles. The normalized spacial score (nSPS) is 10.6. The van der Waals surface area contributed by atoms with Gasteiger partial charge in [0.05, 0.1) is 29.7 Å². The molecule has 12 heteroatoms. The summed E-state index contributed by atoms with van der Waals surface area (Å²) in [7, 11) is 0. The number of benzene rings is 2. The number of nitro groups is 1. The van der Waals surface area contributed by atoms with E-state index in [1.807, 2.05) is 13.8 Å². The molecule has 0 spiro atoms. The molecule has 1 amide bonds. The summed E-state index contributed by atoms with van der Waals surface area (Å²) in [6.45, 7) is 3.39. The predicted octanol–water partition coefficient (Wildman–Crippen LogP) is 2.48. The molecule has 0 saturated carbocycles. The fourth-order valence-electron chi connectivity index (χ4n) is 2.97. The molecular weight excluding hydrogens is 438 g/mol. The van der Waals surface area contributed by atoms with Crippen molar-refractivity contribution < 1.29 is 33.1 Å². The molecule has 0 bridgehead atoms. The zero-order chi connectivity index (χ0) is 24.0. The van der Waals surface area contributed by atoms with Gasteiger partial charge >= 0.3 is 11.7 Å². The number of amides is 1. The molecule has 33 heavy (non-hydrogen) atoms. The molecule has 1 aromatic heterocycles. The fraction of sp³-hybridized carbons (Fsp3) is 0.286. The number of aromatic nitrogens is 1. The second-order valence-corrected chi connectivity index (χ2v) is 6.60. The molecule has 0 saturated heterocycles. The highest BCUT2D eigenvalue weighted by atomic mass is 16.6. The summed E-state index contributed by atoms with van der Waals surface area (Å²) in [5.74, 6) is -1.36. The SMILES string of the molecule is CCOc1ccc(NC(=O)COC(=O)Cn2c(=O)oc3cc([N+](=O)[O-])ccc32)cc1OCC. The third-order valence-corrected chi connectivity index (χ3v) is 4.34. The van der Waals surface area contributed by atoms with E-state index in [4.69, 9.17) is 18.6 Å². The fourth-order valence-corrected chi connectivity index (χ4v) is 2.97. The first-order valence-electron chi connectivity index (χ1n) is 9.95. The molecule has 0 radical (unpaired) electrons. The van der Waals surface area contributed by atoms with Gasteiger partial charge in [-0.2, -0.15) is 0 Å². The van der Waals surface area contributed by atoms with Gasteiger partial charge < -0.3 is 23.9 Å². The first kappa shape index (κ1) is 23.3. The summed E-state index contributed by atoms with van der Waals surface area (Å²) in [6.07, 6.45) is 0. The monoisotopic (exact) mass is 459 g/mol. The second kappa shape index (κ2) is 10.3. The van der Waals surface area contributed by atoms with E-state index in [1.165, 1.54) is 12.1 Å². The van der Waals surface area contributed by atoms with E-state index in [0.29, 0.717) is 30.4 Å². The van der Waals surface area contributed by atoms with Gasteiger partial charge in [-0.1, -0.05) is 0 Å². The van der Waals surface area contributed by atoms with Crippen LogP contribution in [0.25, 0.3) is 11.1 Å². The highest BCUT2D eigenvalue weighted by Gasteiger charge is 2.17. The summed E-state index contributed by atoms with van der Waals surface area (Å²) in [6, 6.07) is 8.41. The van der Waals surface area contributed by atoms with E-state index in [-0.39, 0.29) is 16.8 Å². The van der Waals surface area contributed by atoms with E-state index < -0.39 is 35.7 Å². The Bertz CT molecular complexity index is 1250. The summed E-state index contributed by atoms with van der Waals surface area (Å²) in [5, 5.41) is 13.4. The first-order valence-corrected chi connectivity index (χ1v) is 9.95. The molecule has 12 nitrogen and oxygen atoms in total. The van der Waals surface area contributed by atoms with Crippen LogP contribution in [-0.4, -0.2) is 41.2 Å². The molecule has 1 heterocycles. The number of hydrogen-bond acceptors (Lipinski definition) is 9. The van der Waals surface area contributed by atoms with Crippen LogP contribution in [0.2, 0.25) is 0 Å². The largest absolute Gasteiger partial charge is 0.490 e. The van der Waals surface area contributed by atoms with Gasteiger partial charge in [-0.25, -0.2) is 4.79 Å². The highest BCUT2D eigenvalue weighted by Crippen LogP contribution is 2.30. The molecule has 3 rings (SSSR count). The molecule has 0 aliphatic rings. The highest BCUT2D eigenvalue weighted by molar-refractivity contribution is 5.93. The van der Waals surface area contributed by atoms with Gasteiger partial charge in [0.1, 0.15) is 6.54 Å².